The standard InChI is InChI=1S/C17H18FN3O2.ClH/c18-13-4-2-1-3-11(13)10-23-12-5-6-14(20-9-12)15-7-8-16(21-15)17(19)22;/h1-6,9,15-16,21H,7-8,10H2,(H2,19,22);1H/t15-,16+;/m1./s1. The highest BCUT2D eigenvalue weighted by atomic mass is 35.5. The van der Waals surface area contributed by atoms with E-state index >= 15 is 0 Å². The van der Waals surface area contributed by atoms with Gasteiger partial charge in [0.2, 0.25) is 5.91 Å². The minimum atomic E-state index is -0.336. The van der Waals surface area contributed by atoms with Gasteiger partial charge < -0.3 is 10.5 Å². The molecule has 1 aromatic heterocycles. The lowest BCUT2D eigenvalue weighted by Gasteiger charge is -2.12. The van der Waals surface area contributed by atoms with Crippen molar-refractivity contribution in [3.63, 3.8) is 0 Å². The largest absolute Gasteiger partial charge is 0.487 e. The highest BCUT2D eigenvalue weighted by molar-refractivity contribution is 5.85. The average molecular weight is 352 g/mol. The molecule has 5 nitrogen and oxygen atoms in total. The maximum atomic E-state index is 13.5. The Hall–Kier alpha value is -2.18. The third-order valence-electron chi connectivity index (χ3n) is 3.96. The van der Waals surface area contributed by atoms with Crippen LogP contribution in [-0.2, 0) is 11.4 Å². The van der Waals surface area contributed by atoms with Crippen LogP contribution in [0.4, 0.5) is 4.39 Å². The van der Waals surface area contributed by atoms with Crippen LogP contribution in [0.5, 0.6) is 5.75 Å². The number of nitrogens with zero attached hydrogens (tertiary/aromatic N) is 1. The van der Waals surface area contributed by atoms with Gasteiger partial charge in [-0.25, -0.2) is 4.39 Å². The Balaban J connectivity index is 0.00000208. The number of nitrogens with two attached hydrogens (primary N) is 1. The summed E-state index contributed by atoms with van der Waals surface area (Å²) < 4.78 is 19.1. The van der Waals surface area contributed by atoms with E-state index in [-0.39, 0.29) is 42.8 Å². The first-order valence-corrected chi connectivity index (χ1v) is 7.51. The molecule has 3 rings (SSSR count). The summed E-state index contributed by atoms with van der Waals surface area (Å²) in [4.78, 5) is 15.5. The first-order valence-electron chi connectivity index (χ1n) is 7.51. The smallest absolute Gasteiger partial charge is 0.234 e. The summed E-state index contributed by atoms with van der Waals surface area (Å²) in [6.45, 7) is 0.152. The highest BCUT2D eigenvalue weighted by Crippen LogP contribution is 2.26. The number of pyridine rings is 1. The zero-order valence-electron chi connectivity index (χ0n) is 12.9. The Bertz CT molecular complexity index is 696. The lowest BCUT2D eigenvalue weighted by Crippen LogP contribution is -2.37. The SMILES string of the molecule is Cl.NC(=O)[C@@H]1CC[C@H](c2ccc(OCc3ccccc3F)cn2)N1. The number of halogens is 2. The van der Waals surface area contributed by atoms with Crippen LogP contribution in [0.2, 0.25) is 0 Å². The van der Waals surface area contributed by atoms with E-state index in [0.717, 1.165) is 12.1 Å². The van der Waals surface area contributed by atoms with Crippen LogP contribution >= 0.6 is 12.4 Å². The molecule has 1 aliphatic heterocycles. The second kappa shape index (κ2) is 8.08. The maximum absolute atomic E-state index is 13.5. The number of aromatic nitrogens is 1. The minimum absolute atomic E-state index is 0. The number of primary amides is 1. The summed E-state index contributed by atoms with van der Waals surface area (Å²) in [5.74, 6) is -0.0523. The normalized spacial score (nSPS) is 19.5. The average Bonchev–Trinajstić information content (AvgIpc) is 3.05. The molecule has 1 aromatic carbocycles. The Morgan fingerprint density at radius 3 is 2.71 bits per heavy atom. The molecule has 0 radical (unpaired) electrons. The number of rotatable bonds is 5. The van der Waals surface area contributed by atoms with Crippen molar-refractivity contribution < 1.29 is 13.9 Å². The molecule has 7 heteroatoms. The summed E-state index contributed by atoms with van der Waals surface area (Å²) in [5.41, 5.74) is 6.63. The molecule has 1 fully saturated rings. The van der Waals surface area contributed by atoms with Crippen molar-refractivity contribution in [2.24, 2.45) is 5.73 Å². The molecule has 1 amide bonds. The lowest BCUT2D eigenvalue weighted by molar-refractivity contribution is -0.119. The Kier molecular flexibility index (Phi) is 6.11. The predicted molar refractivity (Wildman–Crippen MR) is 90.3 cm³/mol. The molecule has 0 saturated carbocycles. The fourth-order valence-electron chi connectivity index (χ4n) is 2.66. The van der Waals surface area contributed by atoms with Crippen LogP contribution in [0.1, 0.15) is 30.1 Å². The molecule has 0 spiro atoms. The monoisotopic (exact) mass is 351 g/mol. The quantitative estimate of drug-likeness (QED) is 0.867. The molecular weight excluding hydrogens is 333 g/mol. The first-order chi connectivity index (χ1) is 11.1. The van der Waals surface area contributed by atoms with Crippen LogP contribution < -0.4 is 15.8 Å². The highest BCUT2D eigenvalue weighted by Gasteiger charge is 2.29. The van der Waals surface area contributed by atoms with Crippen molar-refractivity contribution in [3.05, 3.63) is 59.7 Å². The molecule has 3 N–H and O–H groups in total. The van der Waals surface area contributed by atoms with Gasteiger partial charge in [0.05, 0.1) is 24.0 Å². The van der Waals surface area contributed by atoms with Gasteiger partial charge in [0.25, 0.3) is 0 Å². The fourth-order valence-corrected chi connectivity index (χ4v) is 2.66. The van der Waals surface area contributed by atoms with Gasteiger partial charge in [0.15, 0.2) is 0 Å². The number of amides is 1. The fraction of sp³-hybridized carbons (Fsp3) is 0.294. The van der Waals surface area contributed by atoms with Gasteiger partial charge in [-0.2, -0.15) is 0 Å². The Morgan fingerprint density at radius 1 is 1.29 bits per heavy atom. The van der Waals surface area contributed by atoms with E-state index in [0.29, 0.717) is 17.7 Å². The molecule has 128 valence electrons. The molecule has 2 aromatic rings. The molecule has 1 saturated heterocycles. The number of ether oxygens (including phenoxy) is 1. The first kappa shape index (κ1) is 18.2. The number of carbonyl (C=O) groups excluding carboxylic acids is 1. The van der Waals surface area contributed by atoms with Crippen molar-refractivity contribution in [2.75, 3.05) is 0 Å². The molecular formula is C17H19ClFN3O2. The van der Waals surface area contributed by atoms with Crippen LogP contribution in [0.3, 0.4) is 0 Å². The van der Waals surface area contributed by atoms with Gasteiger partial charge in [-0.1, -0.05) is 18.2 Å². The number of benzene rings is 1. The molecule has 24 heavy (non-hydrogen) atoms. The number of hydrogen-bond donors (Lipinski definition) is 2. The molecule has 2 heterocycles. The zero-order chi connectivity index (χ0) is 16.2. The molecule has 0 aliphatic carbocycles. The van der Waals surface area contributed by atoms with Crippen molar-refractivity contribution in [1.29, 1.82) is 0 Å². The van der Waals surface area contributed by atoms with Crippen molar-refractivity contribution >= 4 is 18.3 Å². The van der Waals surface area contributed by atoms with Crippen LogP contribution in [-0.4, -0.2) is 16.9 Å². The zero-order valence-corrected chi connectivity index (χ0v) is 13.8. The third kappa shape index (κ3) is 4.21. The number of hydrogen-bond acceptors (Lipinski definition) is 4. The molecule has 0 bridgehead atoms. The van der Waals surface area contributed by atoms with Gasteiger partial charge in [-0.3, -0.25) is 15.1 Å². The van der Waals surface area contributed by atoms with Crippen LogP contribution in [0.25, 0.3) is 0 Å². The van der Waals surface area contributed by atoms with Gasteiger partial charge in [0, 0.05) is 5.56 Å². The summed E-state index contributed by atoms with van der Waals surface area (Å²) >= 11 is 0. The van der Waals surface area contributed by atoms with Crippen molar-refractivity contribution in [2.45, 2.75) is 31.5 Å². The van der Waals surface area contributed by atoms with Gasteiger partial charge in [0.1, 0.15) is 18.2 Å². The second-order valence-electron chi connectivity index (χ2n) is 5.55. The van der Waals surface area contributed by atoms with E-state index in [1.165, 1.54) is 6.07 Å². The summed E-state index contributed by atoms with van der Waals surface area (Å²) in [6.07, 6.45) is 3.14. The Morgan fingerprint density at radius 2 is 2.08 bits per heavy atom. The predicted octanol–water partition coefficient (Wildman–Crippen LogP) is 2.50. The summed E-state index contributed by atoms with van der Waals surface area (Å²) in [6, 6.07) is 9.87. The Labute approximate surface area is 145 Å². The number of nitrogens with one attached hydrogen (secondary N) is 1. The maximum Gasteiger partial charge on any atom is 0.234 e. The van der Waals surface area contributed by atoms with E-state index in [1.807, 2.05) is 6.07 Å². The molecule has 1 aliphatic rings. The van der Waals surface area contributed by atoms with Gasteiger partial charge >= 0.3 is 0 Å². The third-order valence-corrected chi connectivity index (χ3v) is 3.96. The van der Waals surface area contributed by atoms with Crippen LogP contribution in [0, 0.1) is 5.82 Å². The van der Waals surface area contributed by atoms with Crippen molar-refractivity contribution in [3.8, 4) is 5.75 Å². The topological polar surface area (TPSA) is 77.2 Å². The summed E-state index contributed by atoms with van der Waals surface area (Å²) in [5, 5.41) is 3.16. The molecule has 2 atom stereocenters. The van der Waals surface area contributed by atoms with E-state index in [1.54, 1.807) is 30.5 Å². The van der Waals surface area contributed by atoms with E-state index in [2.05, 4.69) is 10.3 Å². The van der Waals surface area contributed by atoms with Gasteiger partial charge in [-0.05, 0) is 31.0 Å². The number of carbonyl (C=O) groups is 1. The minimum Gasteiger partial charge on any atom is -0.487 e. The summed E-state index contributed by atoms with van der Waals surface area (Å²) in [7, 11) is 0. The van der Waals surface area contributed by atoms with Crippen LogP contribution in [0.15, 0.2) is 42.6 Å². The van der Waals surface area contributed by atoms with E-state index in [9.17, 15) is 9.18 Å². The molecule has 0 unspecified atom stereocenters. The van der Waals surface area contributed by atoms with E-state index < -0.39 is 0 Å². The van der Waals surface area contributed by atoms with E-state index in [4.69, 9.17) is 10.5 Å². The van der Waals surface area contributed by atoms with Gasteiger partial charge in [-0.15, -0.1) is 12.4 Å². The van der Waals surface area contributed by atoms with Crippen molar-refractivity contribution in [1.82, 2.24) is 10.3 Å². The lowest BCUT2D eigenvalue weighted by atomic mass is 10.1. The second-order valence-corrected chi connectivity index (χ2v) is 5.55.